The van der Waals surface area contributed by atoms with Gasteiger partial charge in [0.05, 0.1) is 5.41 Å². The van der Waals surface area contributed by atoms with Crippen LogP contribution in [0.5, 0.6) is 0 Å². The van der Waals surface area contributed by atoms with E-state index in [-0.39, 0.29) is 17.8 Å². The van der Waals surface area contributed by atoms with E-state index < -0.39 is 0 Å². The summed E-state index contributed by atoms with van der Waals surface area (Å²) in [6, 6.07) is 0.489. The Hall–Kier alpha value is -0.280. The van der Waals surface area contributed by atoms with Gasteiger partial charge in [0.25, 0.3) is 0 Å². The Balaban J connectivity index is 0.000000963. The van der Waals surface area contributed by atoms with Gasteiger partial charge in [-0.05, 0) is 44.7 Å². The maximum absolute atomic E-state index is 12.0. The normalized spacial score (nSPS) is 32.2. The average Bonchev–Trinajstić information content (AvgIpc) is 2.98. The molecule has 0 bridgehead atoms. The van der Waals surface area contributed by atoms with Crippen molar-refractivity contribution in [3.05, 3.63) is 0 Å². The number of carbonyl (C=O) groups is 1. The van der Waals surface area contributed by atoms with E-state index in [0.29, 0.717) is 11.9 Å². The number of carbonyl (C=O) groups excluding carboxylic acids is 1. The second-order valence-electron chi connectivity index (χ2n) is 5.58. The highest BCUT2D eigenvalue weighted by molar-refractivity contribution is 5.85. The van der Waals surface area contributed by atoms with Crippen molar-refractivity contribution in [2.75, 3.05) is 13.1 Å². The van der Waals surface area contributed by atoms with E-state index in [1.165, 1.54) is 19.3 Å². The quantitative estimate of drug-likeness (QED) is 0.773. The van der Waals surface area contributed by atoms with Crippen molar-refractivity contribution in [1.82, 2.24) is 10.6 Å². The summed E-state index contributed by atoms with van der Waals surface area (Å²) in [5.41, 5.74) is 0.00477. The Labute approximate surface area is 103 Å². The van der Waals surface area contributed by atoms with Crippen LogP contribution in [-0.2, 0) is 4.79 Å². The fourth-order valence-corrected chi connectivity index (χ4v) is 3.19. The van der Waals surface area contributed by atoms with E-state index in [1.54, 1.807) is 0 Å². The zero-order valence-electron chi connectivity index (χ0n) is 9.63. The first-order valence-corrected chi connectivity index (χ1v) is 6.30. The van der Waals surface area contributed by atoms with Crippen LogP contribution in [0.2, 0.25) is 0 Å². The first-order chi connectivity index (χ1) is 7.28. The van der Waals surface area contributed by atoms with Gasteiger partial charge in [-0.25, -0.2) is 0 Å². The van der Waals surface area contributed by atoms with Crippen molar-refractivity contribution in [3.8, 4) is 0 Å². The highest BCUT2D eigenvalue weighted by Crippen LogP contribution is 2.43. The molecule has 3 aliphatic rings. The molecule has 3 fully saturated rings. The number of piperidine rings is 1. The van der Waals surface area contributed by atoms with Gasteiger partial charge in [0.2, 0.25) is 5.91 Å². The summed E-state index contributed by atoms with van der Waals surface area (Å²) in [4.78, 5) is 12.0. The predicted octanol–water partition coefficient (Wildman–Crippen LogP) is 1.47. The summed E-state index contributed by atoms with van der Waals surface area (Å²) >= 11 is 0. The number of halogens is 1. The van der Waals surface area contributed by atoms with Crippen LogP contribution < -0.4 is 10.6 Å². The molecule has 4 heteroatoms. The van der Waals surface area contributed by atoms with Gasteiger partial charge in [-0.2, -0.15) is 0 Å². The summed E-state index contributed by atoms with van der Waals surface area (Å²) in [7, 11) is 0. The first kappa shape index (κ1) is 12.2. The molecule has 16 heavy (non-hydrogen) atoms. The van der Waals surface area contributed by atoms with Crippen LogP contribution in [0.3, 0.4) is 0 Å². The molecule has 2 heterocycles. The molecule has 1 saturated carbocycles. The molecule has 2 saturated heterocycles. The second-order valence-corrected chi connectivity index (χ2v) is 5.58. The minimum Gasteiger partial charge on any atom is -0.353 e. The van der Waals surface area contributed by atoms with Gasteiger partial charge in [-0.1, -0.05) is 12.8 Å². The Bertz CT molecular complexity index is 272. The molecule has 0 radical (unpaired) electrons. The smallest absolute Gasteiger partial charge is 0.226 e. The molecule has 0 aromatic rings. The van der Waals surface area contributed by atoms with Gasteiger partial charge in [0.1, 0.15) is 0 Å². The first-order valence-electron chi connectivity index (χ1n) is 6.30. The van der Waals surface area contributed by atoms with Crippen LogP contribution in [0.15, 0.2) is 0 Å². The fourth-order valence-electron chi connectivity index (χ4n) is 3.19. The number of amides is 1. The lowest BCUT2D eigenvalue weighted by Crippen LogP contribution is -2.41. The van der Waals surface area contributed by atoms with Gasteiger partial charge in [-0.3, -0.25) is 4.79 Å². The van der Waals surface area contributed by atoms with Crippen molar-refractivity contribution in [2.45, 2.75) is 44.6 Å². The standard InChI is InChI=1S/C12H20N2O.ClH/c15-11-12(3-5-13-6-4-12)8-10(14-11)7-9-1-2-9;/h9-10,13H,1-8H2,(H,14,15);1H. The van der Waals surface area contributed by atoms with Crippen molar-refractivity contribution in [3.63, 3.8) is 0 Å². The van der Waals surface area contributed by atoms with Crippen LogP contribution in [0.4, 0.5) is 0 Å². The molecule has 1 atom stereocenters. The molecule has 0 aromatic heterocycles. The SMILES string of the molecule is Cl.O=C1NC(CC2CC2)CC12CCNCC2. The van der Waals surface area contributed by atoms with E-state index in [4.69, 9.17) is 0 Å². The third-order valence-electron chi connectivity index (χ3n) is 4.33. The Morgan fingerprint density at radius 2 is 1.94 bits per heavy atom. The average molecular weight is 245 g/mol. The van der Waals surface area contributed by atoms with E-state index in [1.807, 2.05) is 0 Å². The molecular formula is C12H21ClN2O. The molecule has 92 valence electrons. The molecule has 1 amide bonds. The third kappa shape index (κ3) is 2.21. The lowest BCUT2D eigenvalue weighted by atomic mass is 9.76. The van der Waals surface area contributed by atoms with Gasteiger partial charge in [-0.15, -0.1) is 12.4 Å². The molecule has 2 N–H and O–H groups in total. The maximum atomic E-state index is 12.0. The Morgan fingerprint density at radius 1 is 1.25 bits per heavy atom. The molecule has 2 aliphatic heterocycles. The summed E-state index contributed by atoms with van der Waals surface area (Å²) in [5.74, 6) is 1.27. The molecule has 1 unspecified atom stereocenters. The minimum absolute atomic E-state index is 0. The molecular weight excluding hydrogens is 224 g/mol. The monoisotopic (exact) mass is 244 g/mol. The number of hydrogen-bond donors (Lipinski definition) is 2. The van der Waals surface area contributed by atoms with Crippen LogP contribution in [-0.4, -0.2) is 25.0 Å². The number of hydrogen-bond acceptors (Lipinski definition) is 2. The lowest BCUT2D eigenvalue weighted by Gasteiger charge is -2.30. The second kappa shape index (κ2) is 4.53. The minimum atomic E-state index is 0. The van der Waals surface area contributed by atoms with Gasteiger partial charge in [0.15, 0.2) is 0 Å². The van der Waals surface area contributed by atoms with Crippen LogP contribution in [0.25, 0.3) is 0 Å². The molecule has 1 spiro atoms. The van der Waals surface area contributed by atoms with E-state index in [0.717, 1.165) is 38.3 Å². The molecule has 1 aliphatic carbocycles. The number of nitrogens with one attached hydrogen (secondary N) is 2. The van der Waals surface area contributed by atoms with Crippen molar-refractivity contribution in [2.24, 2.45) is 11.3 Å². The highest BCUT2D eigenvalue weighted by Gasteiger charge is 2.47. The van der Waals surface area contributed by atoms with Crippen molar-refractivity contribution < 1.29 is 4.79 Å². The molecule has 3 nitrogen and oxygen atoms in total. The van der Waals surface area contributed by atoms with Crippen molar-refractivity contribution >= 4 is 18.3 Å². The van der Waals surface area contributed by atoms with E-state index >= 15 is 0 Å². The van der Waals surface area contributed by atoms with Crippen LogP contribution in [0.1, 0.15) is 38.5 Å². The largest absolute Gasteiger partial charge is 0.353 e. The van der Waals surface area contributed by atoms with Crippen LogP contribution >= 0.6 is 12.4 Å². The maximum Gasteiger partial charge on any atom is 0.226 e. The van der Waals surface area contributed by atoms with Gasteiger partial charge in [0, 0.05) is 6.04 Å². The van der Waals surface area contributed by atoms with Gasteiger partial charge < -0.3 is 10.6 Å². The Morgan fingerprint density at radius 3 is 2.56 bits per heavy atom. The topological polar surface area (TPSA) is 41.1 Å². The van der Waals surface area contributed by atoms with Gasteiger partial charge >= 0.3 is 0 Å². The molecule has 0 aromatic carbocycles. The third-order valence-corrected chi connectivity index (χ3v) is 4.33. The number of rotatable bonds is 2. The summed E-state index contributed by atoms with van der Waals surface area (Å²) in [5, 5.41) is 6.56. The summed E-state index contributed by atoms with van der Waals surface area (Å²) < 4.78 is 0. The summed E-state index contributed by atoms with van der Waals surface area (Å²) in [6.07, 6.45) is 7.20. The zero-order valence-corrected chi connectivity index (χ0v) is 10.4. The Kier molecular flexibility index (Phi) is 3.45. The van der Waals surface area contributed by atoms with Crippen LogP contribution in [0, 0.1) is 11.3 Å². The van der Waals surface area contributed by atoms with E-state index in [9.17, 15) is 4.79 Å². The zero-order chi connectivity index (χ0) is 10.3. The summed E-state index contributed by atoms with van der Waals surface area (Å²) in [6.45, 7) is 2.03. The predicted molar refractivity (Wildman–Crippen MR) is 65.7 cm³/mol. The molecule has 3 rings (SSSR count). The highest BCUT2D eigenvalue weighted by atomic mass is 35.5. The van der Waals surface area contributed by atoms with Crippen molar-refractivity contribution in [1.29, 1.82) is 0 Å². The fraction of sp³-hybridized carbons (Fsp3) is 0.917. The lowest BCUT2D eigenvalue weighted by molar-refractivity contribution is -0.128. The van der Waals surface area contributed by atoms with E-state index in [2.05, 4.69) is 10.6 Å².